The van der Waals surface area contributed by atoms with Crippen molar-refractivity contribution in [1.29, 1.82) is 0 Å². The minimum atomic E-state index is -3.13. The molecule has 1 atom stereocenters. The molecule has 3 N–H and O–H groups in total. The van der Waals surface area contributed by atoms with Crippen LogP contribution in [-0.2, 0) is 14.8 Å². The number of thioether (sulfide) groups is 2. The molecule has 0 saturated carbocycles. The van der Waals surface area contributed by atoms with Crippen molar-refractivity contribution in [3.8, 4) is 0 Å². The summed E-state index contributed by atoms with van der Waals surface area (Å²) in [5, 5.41) is 0. The lowest BCUT2D eigenvalue weighted by atomic mass is 10.3. The highest BCUT2D eigenvalue weighted by Gasteiger charge is 2.23. The van der Waals surface area contributed by atoms with Crippen molar-refractivity contribution >= 4 is 39.5 Å². The van der Waals surface area contributed by atoms with Crippen LogP contribution in [0.1, 0.15) is 0 Å². The van der Waals surface area contributed by atoms with Crippen LogP contribution in [0.2, 0.25) is 0 Å². The molecule has 1 heterocycles. The molecule has 106 valence electrons. The van der Waals surface area contributed by atoms with Crippen LogP contribution in [0, 0.1) is 0 Å². The van der Waals surface area contributed by atoms with Crippen molar-refractivity contribution in [2.75, 3.05) is 42.5 Å². The maximum absolute atomic E-state index is 11.8. The first-order valence-corrected chi connectivity index (χ1v) is 9.75. The van der Waals surface area contributed by atoms with Gasteiger partial charge in [-0.2, -0.15) is 11.8 Å². The van der Waals surface area contributed by atoms with E-state index in [4.69, 9.17) is 5.73 Å². The molecule has 1 fully saturated rings. The summed E-state index contributed by atoms with van der Waals surface area (Å²) in [6.45, 7) is 1.14. The van der Waals surface area contributed by atoms with E-state index in [2.05, 4.69) is 4.72 Å². The molecule has 0 aromatic carbocycles. The van der Waals surface area contributed by atoms with Crippen molar-refractivity contribution in [2.24, 2.45) is 5.73 Å². The summed E-state index contributed by atoms with van der Waals surface area (Å²) in [6, 6.07) is -0.494. The standard InChI is InChI=1S/C9H19N3O3S3/c1-18(14,15)11-2-4-16-6-8(10)9(13)12-3-5-17-7-12/h8,11H,2-7,10H2,1H3/t8-/m1/s1. The molecule has 1 aliphatic heterocycles. The van der Waals surface area contributed by atoms with E-state index >= 15 is 0 Å². The van der Waals surface area contributed by atoms with E-state index in [1.807, 2.05) is 0 Å². The lowest BCUT2D eigenvalue weighted by Crippen LogP contribution is -2.44. The zero-order valence-electron chi connectivity index (χ0n) is 10.3. The van der Waals surface area contributed by atoms with Gasteiger partial charge in [0, 0.05) is 30.3 Å². The second kappa shape index (κ2) is 7.59. The van der Waals surface area contributed by atoms with Crippen LogP contribution in [0.3, 0.4) is 0 Å². The van der Waals surface area contributed by atoms with Gasteiger partial charge in [0.05, 0.1) is 18.2 Å². The third-order valence-corrected chi connectivity index (χ3v) is 5.07. The fourth-order valence-corrected chi connectivity index (χ4v) is 3.77. The number of hydrogen-bond acceptors (Lipinski definition) is 6. The van der Waals surface area contributed by atoms with E-state index in [1.54, 1.807) is 16.7 Å². The van der Waals surface area contributed by atoms with Crippen LogP contribution in [0.4, 0.5) is 0 Å². The lowest BCUT2D eigenvalue weighted by molar-refractivity contribution is -0.130. The first-order chi connectivity index (χ1) is 8.40. The van der Waals surface area contributed by atoms with Gasteiger partial charge in [0.1, 0.15) is 0 Å². The Morgan fingerprint density at radius 2 is 2.33 bits per heavy atom. The van der Waals surface area contributed by atoms with Crippen molar-refractivity contribution in [1.82, 2.24) is 9.62 Å². The second-order valence-corrected chi connectivity index (χ2v) is 8.04. The molecule has 1 saturated heterocycles. The third-order valence-electron chi connectivity index (χ3n) is 2.29. The Morgan fingerprint density at radius 1 is 1.61 bits per heavy atom. The van der Waals surface area contributed by atoms with E-state index in [9.17, 15) is 13.2 Å². The molecule has 0 aliphatic carbocycles. The predicted octanol–water partition coefficient (Wildman–Crippen LogP) is -0.871. The summed E-state index contributed by atoms with van der Waals surface area (Å²) in [7, 11) is -3.13. The molecule has 0 aromatic heterocycles. The van der Waals surface area contributed by atoms with Gasteiger partial charge in [-0.3, -0.25) is 4.79 Å². The molecule has 1 rings (SSSR count). The van der Waals surface area contributed by atoms with Gasteiger partial charge in [0.25, 0.3) is 0 Å². The van der Waals surface area contributed by atoms with E-state index in [0.29, 0.717) is 18.1 Å². The van der Waals surface area contributed by atoms with Gasteiger partial charge in [-0.05, 0) is 0 Å². The monoisotopic (exact) mass is 313 g/mol. The molecule has 1 aliphatic rings. The summed E-state index contributed by atoms with van der Waals surface area (Å²) in [5.74, 6) is 2.83. The smallest absolute Gasteiger partial charge is 0.241 e. The number of nitrogens with one attached hydrogen (secondary N) is 1. The average Bonchev–Trinajstić information content (AvgIpc) is 2.79. The Hall–Kier alpha value is 0.0400. The quantitative estimate of drug-likeness (QED) is 0.594. The first kappa shape index (κ1) is 16.1. The fourth-order valence-electron chi connectivity index (χ4n) is 1.40. The SMILES string of the molecule is CS(=O)(=O)NCCSC[C@@H](N)C(=O)N1CCSC1. The zero-order chi connectivity index (χ0) is 13.6. The third kappa shape index (κ3) is 6.28. The fraction of sp³-hybridized carbons (Fsp3) is 0.889. The molecule has 0 bridgehead atoms. The summed E-state index contributed by atoms with van der Waals surface area (Å²) in [6.07, 6.45) is 1.12. The summed E-state index contributed by atoms with van der Waals surface area (Å²) >= 11 is 3.21. The van der Waals surface area contributed by atoms with E-state index in [-0.39, 0.29) is 5.91 Å². The Balaban J connectivity index is 2.13. The molecule has 18 heavy (non-hydrogen) atoms. The van der Waals surface area contributed by atoms with Crippen molar-refractivity contribution in [3.05, 3.63) is 0 Å². The summed E-state index contributed by atoms with van der Waals surface area (Å²) in [5.41, 5.74) is 5.81. The van der Waals surface area contributed by atoms with E-state index in [1.165, 1.54) is 11.8 Å². The Kier molecular flexibility index (Phi) is 6.78. The maximum Gasteiger partial charge on any atom is 0.241 e. The van der Waals surface area contributed by atoms with Crippen LogP contribution in [0.25, 0.3) is 0 Å². The van der Waals surface area contributed by atoms with Crippen molar-refractivity contribution < 1.29 is 13.2 Å². The number of nitrogens with zero attached hydrogens (tertiary/aromatic N) is 1. The maximum atomic E-state index is 11.8. The number of rotatable bonds is 7. The first-order valence-electron chi connectivity index (χ1n) is 5.54. The number of hydrogen-bond donors (Lipinski definition) is 2. The number of carbonyl (C=O) groups excluding carboxylic acids is 1. The molecular weight excluding hydrogens is 294 g/mol. The van der Waals surface area contributed by atoms with Gasteiger partial charge in [-0.1, -0.05) is 0 Å². The molecule has 9 heteroatoms. The van der Waals surface area contributed by atoms with Crippen molar-refractivity contribution in [2.45, 2.75) is 6.04 Å². The van der Waals surface area contributed by atoms with Crippen LogP contribution in [-0.4, -0.2) is 67.7 Å². The minimum absolute atomic E-state index is 0.0106. The minimum Gasteiger partial charge on any atom is -0.331 e. The number of sulfonamides is 1. The molecule has 0 radical (unpaired) electrons. The zero-order valence-corrected chi connectivity index (χ0v) is 12.7. The van der Waals surface area contributed by atoms with Gasteiger partial charge in [0.15, 0.2) is 0 Å². The highest BCUT2D eigenvalue weighted by Crippen LogP contribution is 2.14. The number of amides is 1. The van der Waals surface area contributed by atoms with Gasteiger partial charge >= 0.3 is 0 Å². The molecule has 6 nitrogen and oxygen atoms in total. The highest BCUT2D eigenvalue weighted by molar-refractivity contribution is 7.99. The van der Waals surface area contributed by atoms with Gasteiger partial charge < -0.3 is 10.6 Å². The van der Waals surface area contributed by atoms with Gasteiger partial charge in [-0.25, -0.2) is 13.1 Å². The Bertz CT molecular complexity index is 368. The summed E-state index contributed by atoms with van der Waals surface area (Å²) < 4.78 is 24.0. The summed E-state index contributed by atoms with van der Waals surface area (Å²) in [4.78, 5) is 13.6. The van der Waals surface area contributed by atoms with Crippen molar-refractivity contribution in [3.63, 3.8) is 0 Å². The predicted molar refractivity (Wildman–Crippen MR) is 77.2 cm³/mol. The second-order valence-electron chi connectivity index (χ2n) is 3.99. The molecule has 0 aromatic rings. The molecule has 0 unspecified atom stereocenters. The largest absolute Gasteiger partial charge is 0.331 e. The van der Waals surface area contributed by atoms with Gasteiger partial charge in [0.2, 0.25) is 15.9 Å². The topological polar surface area (TPSA) is 92.5 Å². The van der Waals surface area contributed by atoms with Crippen LogP contribution >= 0.6 is 23.5 Å². The van der Waals surface area contributed by atoms with E-state index in [0.717, 1.165) is 24.4 Å². The molecule has 1 amide bonds. The highest BCUT2D eigenvalue weighted by atomic mass is 32.2. The molecule has 0 spiro atoms. The Labute approximate surface area is 116 Å². The van der Waals surface area contributed by atoms with E-state index < -0.39 is 16.1 Å². The number of nitrogens with two attached hydrogens (primary N) is 1. The van der Waals surface area contributed by atoms with Crippen LogP contribution in [0.5, 0.6) is 0 Å². The van der Waals surface area contributed by atoms with Crippen LogP contribution in [0.15, 0.2) is 0 Å². The molecular formula is C9H19N3O3S3. The Morgan fingerprint density at radius 3 is 2.89 bits per heavy atom. The van der Waals surface area contributed by atoms with Gasteiger partial charge in [-0.15, -0.1) is 11.8 Å². The normalized spacial score (nSPS) is 18.0. The van der Waals surface area contributed by atoms with Crippen LogP contribution < -0.4 is 10.5 Å². The average molecular weight is 313 g/mol. The lowest BCUT2D eigenvalue weighted by Gasteiger charge is -2.19. The number of carbonyl (C=O) groups is 1.